The Labute approximate surface area is 201 Å². The largest absolute Gasteiger partial charge is 0.573 e. The van der Waals surface area contributed by atoms with E-state index >= 15 is 0 Å². The van der Waals surface area contributed by atoms with Crippen molar-refractivity contribution >= 4 is 39.5 Å². The lowest BCUT2D eigenvalue weighted by Gasteiger charge is -2.26. The van der Waals surface area contributed by atoms with Crippen molar-refractivity contribution in [3.63, 3.8) is 0 Å². The van der Waals surface area contributed by atoms with E-state index < -0.39 is 6.36 Å². The Bertz CT molecular complexity index is 1140. The first-order valence-corrected chi connectivity index (χ1v) is 11.0. The summed E-state index contributed by atoms with van der Waals surface area (Å²) in [6.45, 7) is 2.59. The minimum absolute atomic E-state index is 0.100. The monoisotopic (exact) mass is 537 g/mol. The van der Waals surface area contributed by atoms with E-state index in [1.807, 2.05) is 29.2 Å². The Morgan fingerprint density at radius 2 is 1.76 bits per heavy atom. The number of benzene rings is 2. The van der Waals surface area contributed by atoms with Gasteiger partial charge in [-0.15, -0.1) is 18.3 Å². The van der Waals surface area contributed by atoms with E-state index in [-0.39, 0.29) is 17.6 Å². The molecular formula is C21H19BrF3N7O2. The molecule has 0 saturated carbocycles. The number of aromatic nitrogens is 3. The second kappa shape index (κ2) is 10.7. The molecule has 1 aliphatic rings. The maximum absolute atomic E-state index is 12.4. The molecule has 34 heavy (non-hydrogen) atoms. The minimum Gasteiger partial charge on any atom is -0.406 e. The molecule has 0 spiro atoms. The van der Waals surface area contributed by atoms with Crippen LogP contribution in [0.2, 0.25) is 0 Å². The topological polar surface area (TPSA) is 97.1 Å². The van der Waals surface area contributed by atoms with Crippen LogP contribution in [0.15, 0.2) is 63.2 Å². The maximum Gasteiger partial charge on any atom is 0.573 e. The first kappa shape index (κ1) is 23.8. The molecule has 0 aliphatic carbocycles. The van der Waals surface area contributed by atoms with Crippen LogP contribution >= 0.6 is 15.9 Å². The summed E-state index contributed by atoms with van der Waals surface area (Å²) in [5, 5.41) is 11.3. The number of anilines is 3. The molecule has 1 fully saturated rings. The minimum atomic E-state index is -4.76. The fourth-order valence-corrected chi connectivity index (χ4v) is 3.44. The number of ether oxygens (including phenoxy) is 2. The summed E-state index contributed by atoms with van der Waals surface area (Å²) in [6.07, 6.45) is -4.76. The van der Waals surface area contributed by atoms with Gasteiger partial charge >= 0.3 is 6.36 Å². The van der Waals surface area contributed by atoms with Crippen LogP contribution in [0.5, 0.6) is 5.75 Å². The first-order chi connectivity index (χ1) is 16.4. The predicted molar refractivity (Wildman–Crippen MR) is 122 cm³/mol. The molecule has 1 aromatic heterocycles. The molecular weight excluding hydrogens is 519 g/mol. The number of hydrogen-bond acceptors (Lipinski definition) is 9. The normalized spacial score (nSPS) is 14.4. The average molecular weight is 538 g/mol. The van der Waals surface area contributed by atoms with Crippen molar-refractivity contribution in [2.24, 2.45) is 10.2 Å². The van der Waals surface area contributed by atoms with E-state index in [0.29, 0.717) is 44.5 Å². The first-order valence-electron chi connectivity index (χ1n) is 10.2. The summed E-state index contributed by atoms with van der Waals surface area (Å²) in [7, 11) is 0. The average Bonchev–Trinajstić information content (AvgIpc) is 2.81. The van der Waals surface area contributed by atoms with Crippen LogP contribution in [0.4, 0.5) is 36.7 Å². The standard InChI is InChI=1S/C21H19BrF3N7O2/c22-17-4-2-1-3-14(17)13-26-31-19-28-18(29-20(30-19)32-9-11-33-12-10-32)27-15-5-7-16(8-6-15)34-21(23,24)25/h1-8H,9-13H2,(H,27,28,29,30). The zero-order chi connectivity index (χ0) is 24.0. The van der Waals surface area contributed by atoms with Gasteiger partial charge in [0.15, 0.2) is 0 Å². The van der Waals surface area contributed by atoms with Gasteiger partial charge in [0.1, 0.15) is 5.75 Å². The molecule has 3 aromatic rings. The quantitative estimate of drug-likeness (QED) is 0.403. The van der Waals surface area contributed by atoms with Gasteiger partial charge in [-0.05, 0) is 35.9 Å². The Morgan fingerprint density at radius 1 is 1.03 bits per heavy atom. The summed E-state index contributed by atoms with van der Waals surface area (Å²) >= 11 is 3.47. The molecule has 1 aliphatic heterocycles. The van der Waals surface area contributed by atoms with Crippen molar-refractivity contribution in [2.75, 3.05) is 36.5 Å². The van der Waals surface area contributed by atoms with Gasteiger partial charge in [-0.25, -0.2) is 0 Å². The van der Waals surface area contributed by atoms with Gasteiger partial charge in [-0.1, -0.05) is 34.1 Å². The Morgan fingerprint density at radius 3 is 2.47 bits per heavy atom. The fourth-order valence-electron chi connectivity index (χ4n) is 3.03. The summed E-state index contributed by atoms with van der Waals surface area (Å²) in [4.78, 5) is 15.0. The zero-order valence-corrected chi connectivity index (χ0v) is 19.3. The Hall–Kier alpha value is -3.32. The van der Waals surface area contributed by atoms with Gasteiger partial charge in [0.05, 0.1) is 19.8 Å². The van der Waals surface area contributed by atoms with E-state index in [0.717, 1.165) is 10.0 Å². The number of halogens is 4. The predicted octanol–water partition coefficient (Wildman–Crippen LogP) is 5.40. The third-order valence-electron chi connectivity index (χ3n) is 4.61. The van der Waals surface area contributed by atoms with Crippen LogP contribution < -0.4 is 15.0 Å². The fraction of sp³-hybridized carbons (Fsp3) is 0.286. The molecule has 2 heterocycles. The van der Waals surface area contributed by atoms with Crippen molar-refractivity contribution in [2.45, 2.75) is 12.9 Å². The number of nitrogens with one attached hydrogen (secondary N) is 1. The van der Waals surface area contributed by atoms with Gasteiger partial charge in [0, 0.05) is 23.2 Å². The lowest BCUT2D eigenvalue weighted by atomic mass is 10.2. The maximum atomic E-state index is 12.4. The Balaban J connectivity index is 1.54. The number of hydrogen-bond donors (Lipinski definition) is 1. The van der Waals surface area contributed by atoms with Gasteiger partial charge in [-0.3, -0.25) is 0 Å². The van der Waals surface area contributed by atoms with Crippen LogP contribution in [0.25, 0.3) is 0 Å². The molecule has 4 rings (SSSR count). The number of alkyl halides is 3. The van der Waals surface area contributed by atoms with Gasteiger partial charge in [0.2, 0.25) is 11.9 Å². The second-order valence-electron chi connectivity index (χ2n) is 7.05. The summed E-state index contributed by atoms with van der Waals surface area (Å²) in [5.41, 5.74) is 1.41. The van der Waals surface area contributed by atoms with Gasteiger partial charge in [-0.2, -0.15) is 20.1 Å². The molecule has 0 amide bonds. The summed E-state index contributed by atoms with van der Waals surface area (Å²) in [5.74, 6) is 0.343. The van der Waals surface area contributed by atoms with E-state index in [2.05, 4.69) is 51.2 Å². The molecule has 1 N–H and O–H groups in total. The number of nitrogens with zero attached hydrogens (tertiary/aromatic N) is 6. The second-order valence-corrected chi connectivity index (χ2v) is 7.90. The lowest BCUT2D eigenvalue weighted by molar-refractivity contribution is -0.274. The van der Waals surface area contributed by atoms with Crippen LogP contribution in [0, 0.1) is 0 Å². The molecule has 0 unspecified atom stereocenters. The van der Waals surface area contributed by atoms with Crippen molar-refractivity contribution < 1.29 is 22.6 Å². The number of morpholine rings is 1. The summed E-state index contributed by atoms with van der Waals surface area (Å²) in [6, 6.07) is 12.9. The molecule has 0 radical (unpaired) electrons. The number of azo groups is 1. The van der Waals surface area contributed by atoms with Crippen molar-refractivity contribution in [1.82, 2.24) is 15.0 Å². The number of rotatable bonds is 7. The highest BCUT2D eigenvalue weighted by atomic mass is 79.9. The SMILES string of the molecule is FC(F)(F)Oc1ccc(Nc2nc(N=NCc3ccccc3Br)nc(N3CCOCC3)n2)cc1. The highest BCUT2D eigenvalue weighted by Gasteiger charge is 2.31. The van der Waals surface area contributed by atoms with Crippen LogP contribution in [-0.2, 0) is 11.3 Å². The summed E-state index contributed by atoms with van der Waals surface area (Å²) < 4.78 is 47.4. The van der Waals surface area contributed by atoms with Crippen molar-refractivity contribution in [1.29, 1.82) is 0 Å². The van der Waals surface area contributed by atoms with E-state index in [9.17, 15) is 13.2 Å². The van der Waals surface area contributed by atoms with E-state index in [4.69, 9.17) is 4.74 Å². The molecule has 178 valence electrons. The molecule has 1 saturated heterocycles. The third kappa shape index (κ3) is 6.84. The molecule has 0 atom stereocenters. The van der Waals surface area contributed by atoms with Gasteiger partial charge < -0.3 is 19.7 Å². The van der Waals surface area contributed by atoms with Crippen LogP contribution in [0.3, 0.4) is 0 Å². The van der Waals surface area contributed by atoms with Crippen LogP contribution in [0.1, 0.15) is 5.56 Å². The van der Waals surface area contributed by atoms with Crippen molar-refractivity contribution in [3.8, 4) is 5.75 Å². The van der Waals surface area contributed by atoms with Gasteiger partial charge in [0.25, 0.3) is 5.95 Å². The van der Waals surface area contributed by atoms with Crippen LogP contribution in [-0.4, -0.2) is 47.6 Å². The highest BCUT2D eigenvalue weighted by Crippen LogP contribution is 2.26. The molecule has 2 aromatic carbocycles. The van der Waals surface area contributed by atoms with E-state index in [1.165, 1.54) is 24.3 Å². The Kier molecular flexibility index (Phi) is 7.53. The van der Waals surface area contributed by atoms with Crippen molar-refractivity contribution in [3.05, 3.63) is 58.6 Å². The third-order valence-corrected chi connectivity index (χ3v) is 5.38. The highest BCUT2D eigenvalue weighted by molar-refractivity contribution is 9.10. The lowest BCUT2D eigenvalue weighted by Crippen LogP contribution is -2.37. The smallest absolute Gasteiger partial charge is 0.406 e. The molecule has 0 bridgehead atoms. The zero-order valence-electron chi connectivity index (χ0n) is 17.7. The molecule has 13 heteroatoms. The molecule has 9 nitrogen and oxygen atoms in total. The van der Waals surface area contributed by atoms with E-state index in [1.54, 1.807) is 0 Å².